The van der Waals surface area contributed by atoms with Crippen molar-refractivity contribution in [1.29, 1.82) is 0 Å². The molecular formula is C8H17NOS. The molecule has 0 spiro atoms. The number of nitrogens with zero attached hydrogens (tertiary/aromatic N) is 1. The van der Waals surface area contributed by atoms with Gasteiger partial charge in [-0.05, 0) is 19.1 Å². The summed E-state index contributed by atoms with van der Waals surface area (Å²) in [5.41, 5.74) is 0. The fourth-order valence-electron chi connectivity index (χ4n) is 0.656. The molecule has 0 aromatic heterocycles. The zero-order valence-corrected chi connectivity index (χ0v) is 8.57. The lowest BCUT2D eigenvalue weighted by atomic mass is 10.5. The summed E-state index contributed by atoms with van der Waals surface area (Å²) in [7, 11) is 1.84. The standard InChI is InChI=1S/C8H17NOS/c1-5-6-11-8(3)9(4)7(2)10/h8H,5-6H2,1-4H3. The van der Waals surface area contributed by atoms with E-state index >= 15 is 0 Å². The van der Waals surface area contributed by atoms with Crippen LogP contribution in [0.25, 0.3) is 0 Å². The zero-order valence-electron chi connectivity index (χ0n) is 7.76. The number of amides is 1. The Morgan fingerprint density at radius 1 is 1.64 bits per heavy atom. The number of rotatable bonds is 4. The molecule has 0 aliphatic heterocycles. The molecule has 0 saturated heterocycles. The molecule has 0 heterocycles. The van der Waals surface area contributed by atoms with E-state index < -0.39 is 0 Å². The van der Waals surface area contributed by atoms with Gasteiger partial charge in [0.15, 0.2) is 0 Å². The summed E-state index contributed by atoms with van der Waals surface area (Å²) in [5, 5.41) is 0.312. The van der Waals surface area contributed by atoms with Crippen molar-refractivity contribution in [3.63, 3.8) is 0 Å². The van der Waals surface area contributed by atoms with Gasteiger partial charge in [-0.2, -0.15) is 0 Å². The first-order valence-corrected chi connectivity index (χ1v) is 4.99. The SMILES string of the molecule is CCCSC(C)N(C)C(C)=O. The van der Waals surface area contributed by atoms with E-state index in [0.717, 1.165) is 5.75 Å². The molecule has 0 saturated carbocycles. The first kappa shape index (κ1) is 10.8. The van der Waals surface area contributed by atoms with Crippen molar-refractivity contribution in [2.45, 2.75) is 32.6 Å². The van der Waals surface area contributed by atoms with Crippen molar-refractivity contribution in [1.82, 2.24) is 4.90 Å². The molecule has 0 rings (SSSR count). The summed E-state index contributed by atoms with van der Waals surface area (Å²) in [5.74, 6) is 1.26. The number of carbonyl (C=O) groups is 1. The molecular weight excluding hydrogens is 158 g/mol. The Kier molecular flexibility index (Phi) is 5.38. The Morgan fingerprint density at radius 2 is 2.18 bits per heavy atom. The van der Waals surface area contributed by atoms with Crippen molar-refractivity contribution in [2.24, 2.45) is 0 Å². The molecule has 1 amide bonds. The normalized spacial score (nSPS) is 12.7. The molecule has 0 aliphatic rings. The Morgan fingerprint density at radius 3 is 2.55 bits per heavy atom. The molecule has 11 heavy (non-hydrogen) atoms. The molecule has 66 valence electrons. The zero-order chi connectivity index (χ0) is 8.85. The summed E-state index contributed by atoms with van der Waals surface area (Å²) in [6.45, 7) is 5.80. The predicted molar refractivity (Wildman–Crippen MR) is 50.7 cm³/mol. The number of hydrogen-bond acceptors (Lipinski definition) is 2. The van der Waals surface area contributed by atoms with Gasteiger partial charge in [0.1, 0.15) is 0 Å². The molecule has 0 N–H and O–H groups in total. The van der Waals surface area contributed by atoms with E-state index in [4.69, 9.17) is 0 Å². The van der Waals surface area contributed by atoms with E-state index in [1.165, 1.54) is 6.42 Å². The second kappa shape index (κ2) is 5.47. The number of hydrogen-bond donors (Lipinski definition) is 0. The molecule has 3 heteroatoms. The molecule has 2 nitrogen and oxygen atoms in total. The second-order valence-electron chi connectivity index (χ2n) is 2.60. The van der Waals surface area contributed by atoms with Crippen LogP contribution in [0.2, 0.25) is 0 Å². The van der Waals surface area contributed by atoms with Crippen molar-refractivity contribution in [3.8, 4) is 0 Å². The number of thioether (sulfide) groups is 1. The van der Waals surface area contributed by atoms with Gasteiger partial charge in [0.2, 0.25) is 5.91 Å². The highest BCUT2D eigenvalue weighted by atomic mass is 32.2. The van der Waals surface area contributed by atoms with Crippen molar-refractivity contribution < 1.29 is 4.79 Å². The van der Waals surface area contributed by atoms with Crippen LogP contribution < -0.4 is 0 Å². The highest BCUT2D eigenvalue weighted by Crippen LogP contribution is 2.14. The molecule has 1 unspecified atom stereocenters. The first-order chi connectivity index (χ1) is 5.09. The van der Waals surface area contributed by atoms with Crippen molar-refractivity contribution >= 4 is 17.7 Å². The van der Waals surface area contributed by atoms with Crippen LogP contribution in [0.3, 0.4) is 0 Å². The average molecular weight is 175 g/mol. The smallest absolute Gasteiger partial charge is 0.220 e. The Bertz CT molecular complexity index is 127. The Labute approximate surface area is 73.3 Å². The molecule has 0 radical (unpaired) electrons. The van der Waals surface area contributed by atoms with Crippen LogP contribution in [0.5, 0.6) is 0 Å². The summed E-state index contributed by atoms with van der Waals surface area (Å²) in [6, 6.07) is 0. The van der Waals surface area contributed by atoms with E-state index in [0.29, 0.717) is 5.37 Å². The van der Waals surface area contributed by atoms with Gasteiger partial charge in [-0.3, -0.25) is 4.79 Å². The van der Waals surface area contributed by atoms with Gasteiger partial charge in [0, 0.05) is 14.0 Å². The maximum Gasteiger partial charge on any atom is 0.220 e. The quantitative estimate of drug-likeness (QED) is 0.609. The molecule has 0 fully saturated rings. The van der Waals surface area contributed by atoms with Crippen LogP contribution in [0.4, 0.5) is 0 Å². The minimum atomic E-state index is 0.140. The van der Waals surface area contributed by atoms with Gasteiger partial charge in [-0.25, -0.2) is 0 Å². The summed E-state index contributed by atoms with van der Waals surface area (Å²) in [4.78, 5) is 12.6. The fourth-order valence-corrected chi connectivity index (χ4v) is 1.61. The lowest BCUT2D eigenvalue weighted by Gasteiger charge is -2.22. The van der Waals surface area contributed by atoms with Gasteiger partial charge >= 0.3 is 0 Å². The minimum Gasteiger partial charge on any atom is -0.334 e. The van der Waals surface area contributed by atoms with Gasteiger partial charge in [0.25, 0.3) is 0 Å². The molecule has 0 aliphatic carbocycles. The topological polar surface area (TPSA) is 20.3 Å². The highest BCUT2D eigenvalue weighted by Gasteiger charge is 2.10. The summed E-state index contributed by atoms with van der Waals surface area (Å²) >= 11 is 1.82. The molecule has 0 aromatic carbocycles. The van der Waals surface area contributed by atoms with Gasteiger partial charge in [-0.1, -0.05) is 6.92 Å². The van der Waals surface area contributed by atoms with Crippen LogP contribution in [-0.4, -0.2) is 29.0 Å². The third-order valence-electron chi connectivity index (χ3n) is 1.61. The van der Waals surface area contributed by atoms with Crippen LogP contribution >= 0.6 is 11.8 Å². The Hall–Kier alpha value is -0.180. The molecule has 1 atom stereocenters. The predicted octanol–water partition coefficient (Wildman–Crippen LogP) is 1.95. The lowest BCUT2D eigenvalue weighted by Crippen LogP contribution is -2.30. The van der Waals surface area contributed by atoms with Gasteiger partial charge in [0.05, 0.1) is 5.37 Å². The molecule has 0 bridgehead atoms. The third kappa shape index (κ3) is 4.30. The maximum atomic E-state index is 10.9. The third-order valence-corrected chi connectivity index (χ3v) is 3.05. The monoisotopic (exact) mass is 175 g/mol. The maximum absolute atomic E-state index is 10.9. The Balaban J connectivity index is 3.63. The van der Waals surface area contributed by atoms with E-state index in [-0.39, 0.29) is 5.91 Å². The largest absolute Gasteiger partial charge is 0.334 e. The average Bonchev–Trinajstić information content (AvgIpc) is 1.98. The van der Waals surface area contributed by atoms with E-state index in [1.54, 1.807) is 11.8 Å². The second-order valence-corrected chi connectivity index (χ2v) is 4.02. The van der Waals surface area contributed by atoms with E-state index in [9.17, 15) is 4.79 Å². The van der Waals surface area contributed by atoms with Crippen LogP contribution in [0, 0.1) is 0 Å². The van der Waals surface area contributed by atoms with E-state index in [2.05, 4.69) is 13.8 Å². The van der Waals surface area contributed by atoms with Gasteiger partial charge in [-0.15, -0.1) is 11.8 Å². The summed E-state index contributed by atoms with van der Waals surface area (Å²) < 4.78 is 0. The fraction of sp³-hybridized carbons (Fsp3) is 0.875. The van der Waals surface area contributed by atoms with Crippen molar-refractivity contribution in [3.05, 3.63) is 0 Å². The van der Waals surface area contributed by atoms with Crippen LogP contribution in [0.1, 0.15) is 27.2 Å². The first-order valence-electron chi connectivity index (χ1n) is 3.94. The lowest BCUT2D eigenvalue weighted by molar-refractivity contribution is -0.127. The minimum absolute atomic E-state index is 0.140. The van der Waals surface area contributed by atoms with E-state index in [1.807, 2.05) is 18.8 Å². The van der Waals surface area contributed by atoms with Crippen LogP contribution in [-0.2, 0) is 4.79 Å². The van der Waals surface area contributed by atoms with Crippen molar-refractivity contribution in [2.75, 3.05) is 12.8 Å². The van der Waals surface area contributed by atoms with Gasteiger partial charge < -0.3 is 4.90 Å². The number of carbonyl (C=O) groups excluding carboxylic acids is 1. The highest BCUT2D eigenvalue weighted by molar-refractivity contribution is 7.99. The van der Waals surface area contributed by atoms with Crippen LogP contribution in [0.15, 0.2) is 0 Å². The molecule has 0 aromatic rings. The summed E-state index contributed by atoms with van der Waals surface area (Å²) in [6.07, 6.45) is 1.17.